The van der Waals surface area contributed by atoms with E-state index in [1.807, 2.05) is 6.07 Å². The third-order valence-corrected chi connectivity index (χ3v) is 3.93. The molecule has 20 heavy (non-hydrogen) atoms. The lowest BCUT2D eigenvalue weighted by atomic mass is 9.98. The number of hydrogen-bond acceptors (Lipinski definition) is 2. The van der Waals surface area contributed by atoms with Crippen LogP contribution < -0.4 is 10.6 Å². The van der Waals surface area contributed by atoms with E-state index >= 15 is 0 Å². The molecule has 2 aromatic carbocycles. The lowest BCUT2D eigenvalue weighted by molar-refractivity contribution is 0.624. The maximum Gasteiger partial charge on any atom is 0.123 e. The highest BCUT2D eigenvalue weighted by Crippen LogP contribution is 2.28. The average molecular weight is 270 g/mol. The van der Waals surface area contributed by atoms with E-state index in [1.54, 1.807) is 6.07 Å². The Bertz CT molecular complexity index is 610. The van der Waals surface area contributed by atoms with Crippen LogP contribution in [-0.2, 0) is 19.4 Å². The van der Waals surface area contributed by atoms with E-state index < -0.39 is 0 Å². The topological polar surface area (TPSA) is 29.3 Å². The van der Waals surface area contributed by atoms with Crippen molar-refractivity contribution in [3.05, 3.63) is 65.0 Å². The molecule has 1 aliphatic heterocycles. The molecule has 3 rings (SSSR count). The van der Waals surface area contributed by atoms with Crippen LogP contribution in [0.15, 0.2) is 42.5 Å². The molecule has 0 radical (unpaired) electrons. The van der Waals surface area contributed by atoms with Crippen LogP contribution in [0.3, 0.4) is 0 Å². The summed E-state index contributed by atoms with van der Waals surface area (Å²) in [5.41, 5.74) is 10.6. The standard InChI is InChI=1S/C17H19FN2/c18-16-5-6-17(14(11-16)7-9-19)20-10-8-13-3-1-2-4-15(13)12-20/h1-6,11H,7-10,12,19H2. The molecule has 1 heterocycles. The number of rotatable bonds is 3. The van der Waals surface area contributed by atoms with Crippen molar-refractivity contribution in [3.63, 3.8) is 0 Å². The van der Waals surface area contributed by atoms with Gasteiger partial charge >= 0.3 is 0 Å². The van der Waals surface area contributed by atoms with Gasteiger partial charge in [0, 0.05) is 18.8 Å². The Labute approximate surface area is 119 Å². The lowest BCUT2D eigenvalue weighted by Gasteiger charge is -2.32. The molecular weight excluding hydrogens is 251 g/mol. The lowest BCUT2D eigenvalue weighted by Crippen LogP contribution is -2.31. The van der Waals surface area contributed by atoms with Crippen molar-refractivity contribution in [1.82, 2.24) is 0 Å². The number of halogens is 1. The van der Waals surface area contributed by atoms with Crippen molar-refractivity contribution in [2.45, 2.75) is 19.4 Å². The zero-order valence-corrected chi connectivity index (χ0v) is 11.5. The first-order chi connectivity index (χ1) is 9.78. The maximum atomic E-state index is 13.4. The summed E-state index contributed by atoms with van der Waals surface area (Å²) in [5, 5.41) is 0. The van der Waals surface area contributed by atoms with E-state index in [-0.39, 0.29) is 5.82 Å². The largest absolute Gasteiger partial charge is 0.367 e. The molecule has 0 atom stereocenters. The van der Waals surface area contributed by atoms with Gasteiger partial charge in [0.1, 0.15) is 5.82 Å². The Morgan fingerprint density at radius 1 is 1.10 bits per heavy atom. The Hall–Kier alpha value is -1.87. The predicted molar refractivity (Wildman–Crippen MR) is 80.4 cm³/mol. The molecule has 1 aliphatic rings. The van der Waals surface area contributed by atoms with E-state index in [9.17, 15) is 4.39 Å². The van der Waals surface area contributed by atoms with Crippen LogP contribution in [0.1, 0.15) is 16.7 Å². The van der Waals surface area contributed by atoms with Crippen LogP contribution in [0, 0.1) is 5.82 Å². The molecule has 2 N–H and O–H groups in total. The van der Waals surface area contributed by atoms with Gasteiger partial charge in [-0.1, -0.05) is 24.3 Å². The van der Waals surface area contributed by atoms with Gasteiger partial charge in [-0.3, -0.25) is 0 Å². The minimum Gasteiger partial charge on any atom is -0.367 e. The number of hydrogen-bond donors (Lipinski definition) is 1. The maximum absolute atomic E-state index is 13.4. The first-order valence-corrected chi connectivity index (χ1v) is 7.08. The SMILES string of the molecule is NCCc1cc(F)ccc1N1CCc2ccccc2C1. The van der Waals surface area contributed by atoms with Crippen LogP contribution in [0.2, 0.25) is 0 Å². The molecule has 0 saturated heterocycles. The first kappa shape index (κ1) is 13.1. The molecule has 0 bridgehead atoms. The predicted octanol–water partition coefficient (Wildman–Crippen LogP) is 2.89. The number of nitrogens with zero attached hydrogens (tertiary/aromatic N) is 1. The number of nitrogens with two attached hydrogens (primary N) is 1. The van der Waals surface area contributed by atoms with E-state index in [2.05, 4.69) is 29.2 Å². The molecule has 0 aliphatic carbocycles. The van der Waals surface area contributed by atoms with Gasteiger partial charge in [0.25, 0.3) is 0 Å². The van der Waals surface area contributed by atoms with Gasteiger partial charge in [-0.25, -0.2) is 4.39 Å². The first-order valence-electron chi connectivity index (χ1n) is 7.08. The molecule has 0 saturated carbocycles. The normalized spacial score (nSPS) is 14.2. The highest BCUT2D eigenvalue weighted by atomic mass is 19.1. The van der Waals surface area contributed by atoms with Crippen LogP contribution in [0.4, 0.5) is 10.1 Å². The molecule has 104 valence electrons. The monoisotopic (exact) mass is 270 g/mol. The highest BCUT2D eigenvalue weighted by molar-refractivity contribution is 5.56. The van der Waals surface area contributed by atoms with Crippen molar-refractivity contribution in [3.8, 4) is 0 Å². The Morgan fingerprint density at radius 2 is 1.90 bits per heavy atom. The zero-order valence-electron chi connectivity index (χ0n) is 11.5. The molecule has 0 aromatic heterocycles. The summed E-state index contributed by atoms with van der Waals surface area (Å²) in [6.45, 7) is 2.40. The van der Waals surface area contributed by atoms with Crippen LogP contribution in [-0.4, -0.2) is 13.1 Å². The van der Waals surface area contributed by atoms with E-state index in [1.165, 1.54) is 17.2 Å². The quantitative estimate of drug-likeness (QED) is 0.929. The van der Waals surface area contributed by atoms with Gasteiger partial charge in [0.2, 0.25) is 0 Å². The third-order valence-electron chi connectivity index (χ3n) is 3.93. The van der Waals surface area contributed by atoms with Crippen molar-refractivity contribution in [2.75, 3.05) is 18.0 Å². The summed E-state index contributed by atoms with van der Waals surface area (Å²) in [4.78, 5) is 2.33. The molecule has 0 fully saturated rings. The fraction of sp³-hybridized carbons (Fsp3) is 0.294. The molecule has 0 amide bonds. The molecule has 3 heteroatoms. The number of anilines is 1. The van der Waals surface area contributed by atoms with Crippen molar-refractivity contribution in [2.24, 2.45) is 5.73 Å². The third kappa shape index (κ3) is 2.54. The highest BCUT2D eigenvalue weighted by Gasteiger charge is 2.18. The van der Waals surface area contributed by atoms with Gasteiger partial charge in [0.15, 0.2) is 0 Å². The minimum absolute atomic E-state index is 0.186. The van der Waals surface area contributed by atoms with Crippen molar-refractivity contribution < 1.29 is 4.39 Å². The van der Waals surface area contributed by atoms with Crippen molar-refractivity contribution >= 4 is 5.69 Å². The summed E-state index contributed by atoms with van der Waals surface area (Å²) in [6.07, 6.45) is 1.75. The Kier molecular flexibility index (Phi) is 3.70. The van der Waals surface area contributed by atoms with E-state index in [0.29, 0.717) is 13.0 Å². The summed E-state index contributed by atoms with van der Waals surface area (Å²) in [6, 6.07) is 13.6. The fourth-order valence-corrected chi connectivity index (χ4v) is 2.92. The van der Waals surface area contributed by atoms with Gasteiger partial charge in [-0.15, -0.1) is 0 Å². The van der Waals surface area contributed by atoms with Gasteiger partial charge in [-0.05, 0) is 54.3 Å². The Balaban J connectivity index is 1.91. The van der Waals surface area contributed by atoms with E-state index in [0.717, 1.165) is 30.8 Å². The van der Waals surface area contributed by atoms with Crippen molar-refractivity contribution in [1.29, 1.82) is 0 Å². The summed E-state index contributed by atoms with van der Waals surface area (Å²) >= 11 is 0. The van der Waals surface area contributed by atoms with Gasteiger partial charge in [0.05, 0.1) is 0 Å². The molecule has 0 unspecified atom stereocenters. The van der Waals surface area contributed by atoms with Crippen LogP contribution >= 0.6 is 0 Å². The van der Waals surface area contributed by atoms with Gasteiger partial charge in [-0.2, -0.15) is 0 Å². The molecule has 2 nitrogen and oxygen atoms in total. The Morgan fingerprint density at radius 3 is 2.70 bits per heavy atom. The second kappa shape index (κ2) is 5.63. The van der Waals surface area contributed by atoms with Crippen LogP contribution in [0.25, 0.3) is 0 Å². The molecular formula is C17H19FN2. The second-order valence-electron chi connectivity index (χ2n) is 5.25. The van der Waals surface area contributed by atoms with Gasteiger partial charge < -0.3 is 10.6 Å². The second-order valence-corrected chi connectivity index (χ2v) is 5.25. The zero-order chi connectivity index (χ0) is 13.9. The van der Waals surface area contributed by atoms with E-state index in [4.69, 9.17) is 5.73 Å². The molecule has 2 aromatic rings. The smallest absolute Gasteiger partial charge is 0.123 e. The summed E-state index contributed by atoms with van der Waals surface area (Å²) in [5.74, 6) is -0.186. The number of fused-ring (bicyclic) bond motifs is 1. The fourth-order valence-electron chi connectivity index (χ4n) is 2.92. The molecule has 0 spiro atoms. The average Bonchev–Trinajstić information content (AvgIpc) is 2.47. The van der Waals surface area contributed by atoms with Crippen LogP contribution in [0.5, 0.6) is 0 Å². The number of benzene rings is 2. The minimum atomic E-state index is -0.186. The summed E-state index contributed by atoms with van der Waals surface area (Å²) < 4.78 is 13.4. The summed E-state index contributed by atoms with van der Waals surface area (Å²) in [7, 11) is 0.